The van der Waals surface area contributed by atoms with Crippen LogP contribution in [0.4, 0.5) is 5.69 Å². The summed E-state index contributed by atoms with van der Waals surface area (Å²) in [7, 11) is 0. The average molecular weight is 427 g/mol. The predicted molar refractivity (Wildman–Crippen MR) is 126 cm³/mol. The van der Waals surface area contributed by atoms with Crippen molar-refractivity contribution in [3.63, 3.8) is 0 Å². The van der Waals surface area contributed by atoms with E-state index in [1.54, 1.807) is 0 Å². The number of halogens is 1. The Balaban J connectivity index is 1.67. The smallest absolute Gasteiger partial charge is 0.0706 e. The highest BCUT2D eigenvalue weighted by Crippen LogP contribution is 2.49. The lowest BCUT2D eigenvalue weighted by Gasteiger charge is -2.53. The molecule has 1 saturated heterocycles. The lowest BCUT2D eigenvalue weighted by Crippen LogP contribution is -2.54. The fourth-order valence-corrected chi connectivity index (χ4v) is 5.87. The second-order valence-electron chi connectivity index (χ2n) is 8.98. The zero-order valence-corrected chi connectivity index (χ0v) is 19.1. The van der Waals surface area contributed by atoms with Crippen LogP contribution in [0.1, 0.15) is 63.1 Å². The fraction of sp³-hybridized carbons (Fsp3) is 0.538. The second kappa shape index (κ2) is 9.30. The number of benzene rings is 2. The maximum atomic E-state index is 11.5. The number of hydrogen-bond acceptors (Lipinski definition) is 3. The number of nitrogens with zero attached hydrogens (tertiary/aromatic N) is 2. The number of fused-ring (bicyclic) bond motifs is 1. The highest BCUT2D eigenvalue weighted by Gasteiger charge is 2.48. The minimum Gasteiger partial charge on any atom is -0.389 e. The molecule has 1 aliphatic carbocycles. The Morgan fingerprint density at radius 3 is 2.47 bits per heavy atom. The van der Waals surface area contributed by atoms with Crippen LogP contribution in [-0.4, -0.2) is 35.2 Å². The van der Waals surface area contributed by atoms with Crippen molar-refractivity contribution >= 4 is 17.3 Å². The van der Waals surface area contributed by atoms with Crippen LogP contribution in [0.5, 0.6) is 0 Å². The molecule has 3 atom stereocenters. The zero-order valence-electron chi connectivity index (χ0n) is 18.4. The Morgan fingerprint density at radius 2 is 1.77 bits per heavy atom. The first-order valence-corrected chi connectivity index (χ1v) is 12.0. The molecule has 4 heteroatoms. The van der Waals surface area contributed by atoms with E-state index in [0.29, 0.717) is 0 Å². The van der Waals surface area contributed by atoms with E-state index in [-0.39, 0.29) is 12.0 Å². The number of anilines is 1. The molecule has 2 aromatic carbocycles. The Hall–Kier alpha value is -1.55. The van der Waals surface area contributed by atoms with Crippen LogP contribution in [-0.2, 0) is 6.54 Å². The lowest BCUT2D eigenvalue weighted by molar-refractivity contribution is -0.126. The first kappa shape index (κ1) is 21.7. The summed E-state index contributed by atoms with van der Waals surface area (Å²) in [4.78, 5) is 4.93. The van der Waals surface area contributed by atoms with E-state index in [4.69, 9.17) is 11.6 Å². The van der Waals surface area contributed by atoms with Gasteiger partial charge >= 0.3 is 0 Å². The number of hydrogen-bond donors (Lipinski definition) is 1. The minimum atomic E-state index is -0.530. The summed E-state index contributed by atoms with van der Waals surface area (Å²) >= 11 is 6.51. The van der Waals surface area contributed by atoms with Crippen LogP contribution in [0, 0.1) is 5.92 Å². The highest BCUT2D eigenvalue weighted by molar-refractivity contribution is 6.31. The Bertz CT molecular complexity index is 835. The molecule has 162 valence electrons. The van der Waals surface area contributed by atoms with E-state index in [9.17, 15) is 5.11 Å². The van der Waals surface area contributed by atoms with E-state index in [1.165, 1.54) is 23.2 Å². The molecule has 0 unspecified atom stereocenters. The summed E-state index contributed by atoms with van der Waals surface area (Å²) in [5.41, 5.74) is 3.24. The molecule has 1 heterocycles. The molecule has 2 aromatic rings. The molecule has 0 radical (unpaired) electrons. The van der Waals surface area contributed by atoms with Gasteiger partial charge < -0.3 is 10.0 Å². The summed E-state index contributed by atoms with van der Waals surface area (Å²) in [5, 5.41) is 12.4. The molecule has 1 aliphatic heterocycles. The van der Waals surface area contributed by atoms with Gasteiger partial charge in [0.2, 0.25) is 0 Å². The summed E-state index contributed by atoms with van der Waals surface area (Å²) < 4.78 is 0. The third kappa shape index (κ3) is 4.26. The number of piperidine rings is 1. The fourth-order valence-electron chi connectivity index (χ4n) is 5.68. The van der Waals surface area contributed by atoms with Crippen molar-refractivity contribution in [2.24, 2.45) is 5.92 Å². The van der Waals surface area contributed by atoms with Gasteiger partial charge in [-0.1, -0.05) is 54.8 Å². The Labute approximate surface area is 186 Å². The molecule has 0 amide bonds. The summed E-state index contributed by atoms with van der Waals surface area (Å²) in [6, 6.07) is 17.5. The molecule has 1 N–H and O–H groups in total. The highest BCUT2D eigenvalue weighted by atomic mass is 35.5. The number of rotatable bonds is 6. The molecular weight excluding hydrogens is 392 g/mol. The first-order chi connectivity index (χ1) is 14.6. The van der Waals surface area contributed by atoms with Crippen molar-refractivity contribution in [2.45, 2.75) is 64.1 Å². The van der Waals surface area contributed by atoms with Crippen LogP contribution in [0.25, 0.3) is 0 Å². The first-order valence-electron chi connectivity index (χ1n) is 11.6. The van der Waals surface area contributed by atoms with Crippen LogP contribution < -0.4 is 4.90 Å². The van der Waals surface area contributed by atoms with E-state index < -0.39 is 5.60 Å². The SMILES string of the molecule is CCN(CC)c1ccc([C@@H]2[C@H]3CCCC[C@]3(O)CCN2Cc2ccccc2Cl)cc1. The summed E-state index contributed by atoms with van der Waals surface area (Å²) in [6.45, 7) is 8.16. The number of aliphatic hydroxyl groups is 1. The molecule has 30 heavy (non-hydrogen) atoms. The molecular formula is C26H35ClN2O. The van der Waals surface area contributed by atoms with Gasteiger partial charge in [0.25, 0.3) is 0 Å². The van der Waals surface area contributed by atoms with Crippen molar-refractivity contribution in [3.8, 4) is 0 Å². The molecule has 0 bridgehead atoms. The third-order valence-electron chi connectivity index (χ3n) is 7.37. The topological polar surface area (TPSA) is 26.7 Å². The second-order valence-corrected chi connectivity index (χ2v) is 9.38. The van der Waals surface area contributed by atoms with Gasteiger partial charge in [0.15, 0.2) is 0 Å². The van der Waals surface area contributed by atoms with E-state index >= 15 is 0 Å². The average Bonchev–Trinajstić information content (AvgIpc) is 2.77. The summed E-state index contributed by atoms with van der Waals surface area (Å²) in [6.07, 6.45) is 5.24. The lowest BCUT2D eigenvalue weighted by atomic mass is 9.66. The van der Waals surface area contributed by atoms with Crippen LogP contribution in [0.15, 0.2) is 48.5 Å². The minimum absolute atomic E-state index is 0.228. The predicted octanol–water partition coefficient (Wildman–Crippen LogP) is 6.05. The van der Waals surface area contributed by atoms with E-state index in [0.717, 1.165) is 56.9 Å². The van der Waals surface area contributed by atoms with Gasteiger partial charge in [0, 0.05) is 48.8 Å². The molecule has 0 spiro atoms. The van der Waals surface area contributed by atoms with Crippen LogP contribution >= 0.6 is 11.6 Å². The Kier molecular flexibility index (Phi) is 6.72. The zero-order chi connectivity index (χ0) is 21.1. The van der Waals surface area contributed by atoms with Gasteiger partial charge in [-0.25, -0.2) is 0 Å². The summed E-state index contributed by atoms with van der Waals surface area (Å²) in [5.74, 6) is 0.279. The maximum Gasteiger partial charge on any atom is 0.0706 e. The monoisotopic (exact) mass is 426 g/mol. The normalized spacial score (nSPS) is 26.9. The van der Waals surface area contributed by atoms with E-state index in [2.05, 4.69) is 60.0 Å². The van der Waals surface area contributed by atoms with Gasteiger partial charge in [-0.3, -0.25) is 4.90 Å². The van der Waals surface area contributed by atoms with Crippen molar-refractivity contribution < 1.29 is 5.11 Å². The van der Waals surface area contributed by atoms with Crippen LogP contribution in [0.3, 0.4) is 0 Å². The van der Waals surface area contributed by atoms with Gasteiger partial charge in [0.1, 0.15) is 0 Å². The molecule has 4 rings (SSSR count). The quantitative estimate of drug-likeness (QED) is 0.608. The van der Waals surface area contributed by atoms with Crippen LogP contribution in [0.2, 0.25) is 5.02 Å². The van der Waals surface area contributed by atoms with Crippen molar-refractivity contribution in [1.82, 2.24) is 4.90 Å². The molecule has 1 saturated carbocycles. The van der Waals surface area contributed by atoms with Crippen molar-refractivity contribution in [2.75, 3.05) is 24.5 Å². The number of likely N-dealkylation sites (tertiary alicyclic amines) is 1. The largest absolute Gasteiger partial charge is 0.389 e. The van der Waals surface area contributed by atoms with Gasteiger partial charge in [-0.05, 0) is 62.4 Å². The molecule has 2 fully saturated rings. The standard InChI is InChI=1S/C26H35ClN2O/c1-3-28(4-2)22-14-12-20(13-15-22)25-23-10-7-8-16-26(23,30)17-18-29(25)19-21-9-5-6-11-24(21)27/h5-6,9,11-15,23,25,30H,3-4,7-8,10,16-19H2,1-2H3/t23-,25-,26+/m1/s1. The van der Waals surface area contributed by atoms with Gasteiger partial charge in [-0.2, -0.15) is 0 Å². The molecule has 2 aliphatic rings. The maximum absolute atomic E-state index is 11.5. The third-order valence-corrected chi connectivity index (χ3v) is 7.73. The van der Waals surface area contributed by atoms with E-state index in [1.807, 2.05) is 12.1 Å². The van der Waals surface area contributed by atoms with Crippen molar-refractivity contribution in [3.05, 3.63) is 64.7 Å². The van der Waals surface area contributed by atoms with Gasteiger partial charge in [0.05, 0.1) is 5.60 Å². The van der Waals surface area contributed by atoms with Crippen molar-refractivity contribution in [1.29, 1.82) is 0 Å². The molecule has 0 aromatic heterocycles. The van der Waals surface area contributed by atoms with Gasteiger partial charge in [-0.15, -0.1) is 0 Å². The Morgan fingerprint density at radius 1 is 1.03 bits per heavy atom. The molecule has 3 nitrogen and oxygen atoms in total.